The Balaban J connectivity index is 2.36. The first-order valence-electron chi connectivity index (χ1n) is 5.32. The van der Waals surface area contributed by atoms with E-state index >= 15 is 0 Å². The van der Waals surface area contributed by atoms with Crippen molar-refractivity contribution in [2.75, 3.05) is 0 Å². The van der Waals surface area contributed by atoms with Gasteiger partial charge in [0.1, 0.15) is 17.0 Å². The fourth-order valence-corrected chi connectivity index (χ4v) is 2.01. The minimum absolute atomic E-state index is 0.0643. The lowest BCUT2D eigenvalue weighted by Gasteiger charge is -2.13. The number of hydrogen-bond donors (Lipinski definition) is 1. The first kappa shape index (κ1) is 15.2. The maximum atomic E-state index is 12.5. The van der Waals surface area contributed by atoms with Crippen LogP contribution in [0.25, 0.3) is 0 Å². The molecule has 0 fully saturated rings. The van der Waals surface area contributed by atoms with Crippen LogP contribution in [0.3, 0.4) is 0 Å². The Morgan fingerprint density at radius 3 is 2.40 bits per heavy atom. The molecule has 2 aromatic heterocycles. The van der Waals surface area contributed by atoms with Crippen LogP contribution in [-0.4, -0.2) is 15.1 Å². The zero-order valence-electron chi connectivity index (χ0n) is 9.70. The second-order valence-electron chi connectivity index (χ2n) is 3.88. The van der Waals surface area contributed by atoms with E-state index in [1.807, 2.05) is 0 Å². The second-order valence-corrected chi connectivity index (χ2v) is 5.15. The van der Waals surface area contributed by atoms with Gasteiger partial charge in [-0.1, -0.05) is 17.7 Å². The lowest BCUT2D eigenvalue weighted by molar-refractivity contribution is -0.141. The highest BCUT2D eigenvalue weighted by atomic mass is 79.9. The fraction of sp³-hybridized carbons (Fsp3) is 0.167. The monoisotopic (exact) mass is 366 g/mol. The number of aromatic nitrogens is 2. The Hall–Kier alpha value is -1.18. The number of alkyl halides is 3. The first-order chi connectivity index (χ1) is 9.29. The van der Waals surface area contributed by atoms with Crippen molar-refractivity contribution in [3.63, 3.8) is 0 Å². The molecule has 1 N–H and O–H groups in total. The van der Waals surface area contributed by atoms with E-state index in [0.29, 0.717) is 4.47 Å². The molecule has 0 aliphatic heterocycles. The standard InChI is InChI=1S/C12H7BrClF3N2O/c13-6-1-3-8(18-5-6)10(20)7-2-4-9(12(15,16)17)19-11(7)14/h1-5,10,20H. The highest BCUT2D eigenvalue weighted by molar-refractivity contribution is 9.10. The van der Waals surface area contributed by atoms with Gasteiger partial charge in [0.15, 0.2) is 0 Å². The van der Waals surface area contributed by atoms with E-state index < -0.39 is 23.1 Å². The Kier molecular flexibility index (Phi) is 4.31. The molecule has 3 nitrogen and oxygen atoms in total. The average molecular weight is 368 g/mol. The summed E-state index contributed by atoms with van der Waals surface area (Å²) in [5, 5.41) is 9.67. The molecule has 0 saturated heterocycles. The van der Waals surface area contributed by atoms with Gasteiger partial charge in [-0.25, -0.2) is 4.98 Å². The molecule has 2 rings (SSSR count). The summed E-state index contributed by atoms with van der Waals surface area (Å²) in [6, 6.07) is 5.04. The SMILES string of the molecule is OC(c1ccc(Br)cn1)c1ccc(C(F)(F)F)nc1Cl. The van der Waals surface area contributed by atoms with Crippen LogP contribution in [0.5, 0.6) is 0 Å². The smallest absolute Gasteiger partial charge is 0.382 e. The van der Waals surface area contributed by atoms with Crippen molar-refractivity contribution < 1.29 is 18.3 Å². The van der Waals surface area contributed by atoms with Crippen molar-refractivity contribution in [3.8, 4) is 0 Å². The van der Waals surface area contributed by atoms with Gasteiger partial charge in [0, 0.05) is 16.2 Å². The molecule has 2 heterocycles. The second kappa shape index (κ2) is 5.67. The fourth-order valence-electron chi connectivity index (χ4n) is 1.52. The van der Waals surface area contributed by atoms with E-state index in [9.17, 15) is 18.3 Å². The largest absolute Gasteiger partial charge is 0.433 e. The molecule has 20 heavy (non-hydrogen) atoms. The molecule has 0 aliphatic rings. The van der Waals surface area contributed by atoms with Gasteiger partial charge >= 0.3 is 6.18 Å². The van der Waals surface area contributed by atoms with Gasteiger partial charge in [0.2, 0.25) is 0 Å². The maximum Gasteiger partial charge on any atom is 0.433 e. The zero-order valence-corrected chi connectivity index (χ0v) is 12.0. The summed E-state index contributed by atoms with van der Waals surface area (Å²) in [5.41, 5.74) is -0.784. The quantitative estimate of drug-likeness (QED) is 0.816. The summed E-state index contributed by atoms with van der Waals surface area (Å²) < 4.78 is 38.1. The van der Waals surface area contributed by atoms with Crippen molar-refractivity contribution in [3.05, 3.63) is 57.0 Å². The highest BCUT2D eigenvalue weighted by Crippen LogP contribution is 2.32. The third kappa shape index (κ3) is 3.28. The Labute approximate surface area is 125 Å². The van der Waals surface area contributed by atoms with E-state index in [0.717, 1.165) is 12.1 Å². The lowest BCUT2D eigenvalue weighted by atomic mass is 10.1. The normalized spacial score (nSPS) is 13.3. The summed E-state index contributed by atoms with van der Waals surface area (Å²) in [4.78, 5) is 7.21. The van der Waals surface area contributed by atoms with Gasteiger partial charge < -0.3 is 5.11 Å². The molecule has 1 atom stereocenters. The zero-order chi connectivity index (χ0) is 14.9. The first-order valence-corrected chi connectivity index (χ1v) is 6.49. The number of nitrogens with zero attached hydrogens (tertiary/aromatic N) is 2. The molecule has 1 unspecified atom stereocenters. The van der Waals surface area contributed by atoms with Crippen LogP contribution in [0, 0.1) is 0 Å². The number of hydrogen-bond acceptors (Lipinski definition) is 3. The molecule has 8 heteroatoms. The van der Waals surface area contributed by atoms with E-state index in [4.69, 9.17) is 11.6 Å². The molecule has 0 amide bonds. The third-order valence-electron chi connectivity index (χ3n) is 2.49. The number of aliphatic hydroxyl groups excluding tert-OH is 1. The average Bonchev–Trinajstić information content (AvgIpc) is 2.37. The summed E-state index contributed by atoms with van der Waals surface area (Å²) in [7, 11) is 0. The molecule has 106 valence electrons. The van der Waals surface area contributed by atoms with Crippen LogP contribution in [0.4, 0.5) is 13.2 Å². The number of aliphatic hydroxyl groups is 1. The van der Waals surface area contributed by atoms with Crippen LogP contribution in [0.15, 0.2) is 34.9 Å². The molecular formula is C12H7BrClF3N2O. The molecule has 0 aliphatic carbocycles. The van der Waals surface area contributed by atoms with Crippen molar-refractivity contribution in [2.45, 2.75) is 12.3 Å². The third-order valence-corrected chi connectivity index (χ3v) is 3.26. The molecular weight excluding hydrogens is 360 g/mol. The Morgan fingerprint density at radius 2 is 1.90 bits per heavy atom. The van der Waals surface area contributed by atoms with Gasteiger partial charge in [-0.05, 0) is 34.1 Å². The van der Waals surface area contributed by atoms with Gasteiger partial charge in [-0.15, -0.1) is 0 Å². The van der Waals surface area contributed by atoms with Crippen LogP contribution in [0.2, 0.25) is 5.15 Å². The summed E-state index contributed by atoms with van der Waals surface area (Å²) >= 11 is 8.89. The number of pyridine rings is 2. The van der Waals surface area contributed by atoms with E-state index in [1.165, 1.54) is 12.3 Å². The van der Waals surface area contributed by atoms with Crippen molar-refractivity contribution in [1.82, 2.24) is 9.97 Å². The highest BCUT2D eigenvalue weighted by Gasteiger charge is 2.33. The molecule has 2 aromatic rings. The molecule has 0 aromatic carbocycles. The lowest BCUT2D eigenvalue weighted by Crippen LogP contribution is -2.10. The molecule has 0 spiro atoms. The summed E-state index contributed by atoms with van der Waals surface area (Å²) in [6.45, 7) is 0. The van der Waals surface area contributed by atoms with Crippen molar-refractivity contribution in [2.24, 2.45) is 0 Å². The minimum Gasteiger partial charge on any atom is -0.382 e. The molecule has 0 saturated carbocycles. The van der Waals surface area contributed by atoms with Gasteiger partial charge in [-0.3, -0.25) is 4.98 Å². The van der Waals surface area contributed by atoms with Crippen molar-refractivity contribution >= 4 is 27.5 Å². The Morgan fingerprint density at radius 1 is 1.20 bits per heavy atom. The van der Waals surface area contributed by atoms with E-state index in [2.05, 4.69) is 25.9 Å². The Bertz CT molecular complexity index is 619. The number of halogens is 5. The van der Waals surface area contributed by atoms with Crippen LogP contribution < -0.4 is 0 Å². The summed E-state index contributed by atoms with van der Waals surface area (Å²) in [6.07, 6.45) is -4.36. The summed E-state index contributed by atoms with van der Waals surface area (Å²) in [5.74, 6) is 0. The van der Waals surface area contributed by atoms with Crippen LogP contribution in [-0.2, 0) is 6.18 Å². The van der Waals surface area contributed by atoms with Gasteiger partial charge in [-0.2, -0.15) is 13.2 Å². The van der Waals surface area contributed by atoms with Gasteiger partial charge in [0.25, 0.3) is 0 Å². The van der Waals surface area contributed by atoms with E-state index in [-0.39, 0.29) is 11.3 Å². The van der Waals surface area contributed by atoms with Crippen LogP contribution >= 0.6 is 27.5 Å². The minimum atomic E-state index is -4.58. The molecule has 0 bridgehead atoms. The predicted molar refractivity (Wildman–Crippen MR) is 70.2 cm³/mol. The van der Waals surface area contributed by atoms with Gasteiger partial charge in [0.05, 0.1) is 5.69 Å². The topological polar surface area (TPSA) is 46.0 Å². The van der Waals surface area contributed by atoms with Crippen LogP contribution in [0.1, 0.15) is 23.1 Å². The van der Waals surface area contributed by atoms with E-state index in [1.54, 1.807) is 6.07 Å². The van der Waals surface area contributed by atoms with Crippen molar-refractivity contribution in [1.29, 1.82) is 0 Å². The predicted octanol–water partition coefficient (Wildman–Crippen LogP) is 3.99. The number of rotatable bonds is 2. The molecule has 0 radical (unpaired) electrons. The maximum absolute atomic E-state index is 12.5.